The molecule has 0 aliphatic carbocycles. The summed E-state index contributed by atoms with van der Waals surface area (Å²) in [5, 5.41) is 8.23. The Labute approximate surface area is 175 Å². The molecule has 2 aromatic rings. The summed E-state index contributed by atoms with van der Waals surface area (Å²) in [5.41, 5.74) is 0.125. The second kappa shape index (κ2) is 8.38. The van der Waals surface area contributed by atoms with Gasteiger partial charge in [0.2, 0.25) is 5.91 Å². The first-order valence-electron chi connectivity index (χ1n) is 9.35. The predicted molar refractivity (Wildman–Crippen MR) is 105 cm³/mol. The van der Waals surface area contributed by atoms with Crippen molar-refractivity contribution in [2.75, 3.05) is 24.5 Å². The number of carbonyl (C=O) groups is 2. The summed E-state index contributed by atoms with van der Waals surface area (Å²) in [6.07, 6.45) is 0.535. The number of aryl methyl sites for hydroxylation is 2. The highest BCUT2D eigenvalue weighted by Crippen LogP contribution is 2.43. The van der Waals surface area contributed by atoms with Gasteiger partial charge in [0, 0.05) is 49.2 Å². The molecule has 0 bridgehead atoms. The van der Waals surface area contributed by atoms with Gasteiger partial charge in [-0.2, -0.15) is 13.2 Å². The summed E-state index contributed by atoms with van der Waals surface area (Å²) in [5.74, 6) is -1.38. The Morgan fingerprint density at radius 2 is 2.03 bits per heavy atom. The van der Waals surface area contributed by atoms with E-state index in [0.717, 1.165) is 43.4 Å². The number of hydrogen-bond donors (Lipinski definition) is 1. The average Bonchev–Trinajstić information content (AvgIpc) is 3.40. The highest BCUT2D eigenvalue weighted by molar-refractivity contribution is 7.16. The number of rotatable bonds is 3. The molecule has 0 saturated carbocycles. The van der Waals surface area contributed by atoms with Crippen LogP contribution in [0.5, 0.6) is 0 Å². The lowest BCUT2D eigenvalue weighted by Gasteiger charge is -2.23. The van der Waals surface area contributed by atoms with Gasteiger partial charge in [0.15, 0.2) is 0 Å². The van der Waals surface area contributed by atoms with E-state index in [1.807, 2.05) is 24.3 Å². The van der Waals surface area contributed by atoms with E-state index in [4.69, 9.17) is 9.90 Å². The van der Waals surface area contributed by atoms with Crippen LogP contribution in [0.15, 0.2) is 24.5 Å². The van der Waals surface area contributed by atoms with Gasteiger partial charge in [0.1, 0.15) is 5.82 Å². The van der Waals surface area contributed by atoms with Crippen molar-refractivity contribution in [3.8, 4) is 0 Å². The number of halogens is 3. The summed E-state index contributed by atoms with van der Waals surface area (Å²) in [4.78, 5) is 31.5. The number of thiophene rings is 1. The van der Waals surface area contributed by atoms with E-state index in [-0.39, 0.29) is 11.3 Å². The predicted octanol–water partition coefficient (Wildman–Crippen LogP) is 3.05. The van der Waals surface area contributed by atoms with Gasteiger partial charge in [-0.1, -0.05) is 0 Å². The number of anilines is 1. The molecule has 2 fully saturated rings. The lowest BCUT2D eigenvalue weighted by Crippen LogP contribution is -2.31. The van der Waals surface area contributed by atoms with Gasteiger partial charge in [-0.3, -0.25) is 9.69 Å². The van der Waals surface area contributed by atoms with Gasteiger partial charge < -0.3 is 14.6 Å². The first-order valence-corrected chi connectivity index (χ1v) is 10.2. The number of imidazole rings is 1. The summed E-state index contributed by atoms with van der Waals surface area (Å²) in [6, 6.07) is 4.18. The monoisotopic (exact) mass is 444 g/mol. The molecule has 2 aliphatic heterocycles. The van der Waals surface area contributed by atoms with Gasteiger partial charge in [0.05, 0.1) is 11.5 Å². The van der Waals surface area contributed by atoms with E-state index >= 15 is 0 Å². The summed E-state index contributed by atoms with van der Waals surface area (Å²) in [6.45, 7) is 5.87. The van der Waals surface area contributed by atoms with Crippen molar-refractivity contribution in [1.29, 1.82) is 0 Å². The molecule has 2 saturated heterocycles. The van der Waals surface area contributed by atoms with Crippen molar-refractivity contribution in [2.45, 2.75) is 32.5 Å². The zero-order valence-corrected chi connectivity index (χ0v) is 17.5. The largest absolute Gasteiger partial charge is 0.490 e. The normalized spacial score (nSPS) is 21.9. The molecule has 1 N–H and O–H groups in total. The highest BCUT2D eigenvalue weighted by atomic mass is 32.1. The van der Waals surface area contributed by atoms with Crippen molar-refractivity contribution < 1.29 is 27.9 Å². The topological polar surface area (TPSA) is 78.7 Å². The molecule has 1 amide bonds. The molecule has 164 valence electrons. The fraction of sp³-hybridized carbons (Fsp3) is 0.526. The fourth-order valence-electron chi connectivity index (χ4n) is 3.85. The molecule has 4 heterocycles. The van der Waals surface area contributed by atoms with Crippen molar-refractivity contribution in [3.05, 3.63) is 35.2 Å². The second-order valence-electron chi connectivity index (χ2n) is 7.76. The average molecular weight is 444 g/mol. The van der Waals surface area contributed by atoms with Gasteiger partial charge >= 0.3 is 12.1 Å². The van der Waals surface area contributed by atoms with Gasteiger partial charge in [0.25, 0.3) is 0 Å². The second-order valence-corrected chi connectivity index (χ2v) is 9.03. The number of alkyl halides is 3. The van der Waals surface area contributed by atoms with E-state index < -0.39 is 12.1 Å². The molecular weight excluding hydrogens is 421 g/mol. The molecule has 1 spiro atoms. The standard InChI is InChI=1S/C17H22N4OS.C2HF3O2/c1-13-3-4-16(23-13)21-12-17(9-15(21)22)5-7-20(11-17)10-14-18-6-8-19(14)2;3-2(4,5)1(6)7/h3-4,6,8H,5,7,9-12H2,1-2H3;(H,6,7). The molecule has 2 aliphatic rings. The minimum Gasteiger partial charge on any atom is -0.475 e. The fourth-order valence-corrected chi connectivity index (χ4v) is 4.73. The van der Waals surface area contributed by atoms with Crippen LogP contribution in [0.1, 0.15) is 23.5 Å². The smallest absolute Gasteiger partial charge is 0.475 e. The van der Waals surface area contributed by atoms with Crippen molar-refractivity contribution >= 4 is 28.2 Å². The SMILES string of the molecule is Cc1ccc(N2CC3(CCN(Cc4nccn4C)C3)CC2=O)s1.O=C(O)C(F)(F)F. The van der Waals surface area contributed by atoms with E-state index in [9.17, 15) is 18.0 Å². The molecule has 1 atom stereocenters. The molecule has 11 heteroatoms. The summed E-state index contributed by atoms with van der Waals surface area (Å²) >= 11 is 1.72. The van der Waals surface area contributed by atoms with Crippen LogP contribution in [-0.4, -0.2) is 57.2 Å². The molecule has 2 aromatic heterocycles. The first-order chi connectivity index (χ1) is 14.0. The number of nitrogens with zero attached hydrogens (tertiary/aromatic N) is 4. The van der Waals surface area contributed by atoms with Crippen molar-refractivity contribution in [2.24, 2.45) is 12.5 Å². The molecule has 7 nitrogen and oxygen atoms in total. The van der Waals surface area contributed by atoms with E-state index in [1.165, 1.54) is 4.88 Å². The van der Waals surface area contributed by atoms with Gasteiger partial charge in [-0.15, -0.1) is 11.3 Å². The Hall–Kier alpha value is -2.40. The molecule has 4 rings (SSSR count). The number of carboxylic acids is 1. The third-order valence-corrected chi connectivity index (χ3v) is 6.38. The van der Waals surface area contributed by atoms with E-state index in [0.29, 0.717) is 6.42 Å². The maximum absolute atomic E-state index is 12.5. The number of amides is 1. The Morgan fingerprint density at radius 3 is 2.57 bits per heavy atom. The Balaban J connectivity index is 0.000000318. The third-order valence-electron chi connectivity index (χ3n) is 5.36. The Bertz CT molecular complexity index is 926. The van der Waals surface area contributed by atoms with Crippen LogP contribution in [0.2, 0.25) is 0 Å². The molecule has 1 unspecified atom stereocenters. The van der Waals surface area contributed by atoms with Gasteiger partial charge in [-0.25, -0.2) is 9.78 Å². The van der Waals surface area contributed by atoms with Crippen LogP contribution < -0.4 is 4.90 Å². The zero-order chi connectivity index (χ0) is 22.1. The third kappa shape index (κ3) is 5.01. The highest BCUT2D eigenvalue weighted by Gasteiger charge is 2.48. The quantitative estimate of drug-likeness (QED) is 0.787. The lowest BCUT2D eigenvalue weighted by atomic mass is 9.86. The van der Waals surface area contributed by atoms with E-state index in [1.54, 1.807) is 11.3 Å². The number of hydrogen-bond acceptors (Lipinski definition) is 5. The minimum absolute atomic E-state index is 0.125. The van der Waals surface area contributed by atoms with Crippen LogP contribution in [0.4, 0.5) is 18.2 Å². The maximum atomic E-state index is 12.5. The summed E-state index contributed by atoms with van der Waals surface area (Å²) in [7, 11) is 2.04. The summed E-state index contributed by atoms with van der Waals surface area (Å²) < 4.78 is 33.8. The van der Waals surface area contributed by atoms with Crippen LogP contribution in [0.3, 0.4) is 0 Å². The number of likely N-dealkylation sites (tertiary alicyclic amines) is 1. The molecule has 30 heavy (non-hydrogen) atoms. The molecule has 0 radical (unpaired) electrons. The Morgan fingerprint density at radius 1 is 1.33 bits per heavy atom. The van der Waals surface area contributed by atoms with Crippen molar-refractivity contribution in [1.82, 2.24) is 14.5 Å². The van der Waals surface area contributed by atoms with Crippen molar-refractivity contribution in [3.63, 3.8) is 0 Å². The number of aromatic nitrogens is 2. The molecule has 0 aromatic carbocycles. The lowest BCUT2D eigenvalue weighted by molar-refractivity contribution is -0.192. The number of carbonyl (C=O) groups excluding carboxylic acids is 1. The van der Waals surface area contributed by atoms with Crippen LogP contribution in [0, 0.1) is 12.3 Å². The zero-order valence-electron chi connectivity index (χ0n) is 16.6. The maximum Gasteiger partial charge on any atom is 0.490 e. The Kier molecular flexibility index (Phi) is 6.23. The van der Waals surface area contributed by atoms with Crippen LogP contribution in [0.25, 0.3) is 0 Å². The number of aliphatic carboxylic acids is 1. The van der Waals surface area contributed by atoms with Crippen LogP contribution in [-0.2, 0) is 23.2 Å². The minimum atomic E-state index is -5.08. The molecular formula is C19H23F3N4O3S. The van der Waals surface area contributed by atoms with Gasteiger partial charge in [-0.05, 0) is 32.0 Å². The number of carboxylic acid groups (broad SMARTS) is 1. The first kappa shape index (κ1) is 22.3. The van der Waals surface area contributed by atoms with Crippen LogP contribution >= 0.6 is 11.3 Å². The van der Waals surface area contributed by atoms with E-state index in [2.05, 4.69) is 33.5 Å².